The van der Waals surface area contributed by atoms with Gasteiger partial charge in [0.25, 0.3) is 0 Å². The molecule has 3 nitrogen and oxygen atoms in total. The molecule has 2 unspecified atom stereocenters. The molecule has 1 rings (SSSR count). The second-order valence-electron chi connectivity index (χ2n) is 4.85. The number of aryl methyl sites for hydroxylation is 2. The van der Waals surface area contributed by atoms with Crippen LogP contribution in [0.1, 0.15) is 45.5 Å². The Hall–Kier alpha value is -0.830. The van der Waals surface area contributed by atoms with E-state index in [2.05, 4.69) is 55.8 Å². The van der Waals surface area contributed by atoms with Crippen molar-refractivity contribution in [2.24, 2.45) is 5.92 Å². The van der Waals surface area contributed by atoms with Gasteiger partial charge in [0.2, 0.25) is 0 Å². The molecule has 3 heteroatoms. The number of nitrogens with zero attached hydrogens (tertiary/aromatic N) is 2. The molecule has 1 heterocycles. The Balaban J connectivity index is 2.68. The van der Waals surface area contributed by atoms with Gasteiger partial charge in [0, 0.05) is 18.3 Å². The van der Waals surface area contributed by atoms with Gasteiger partial charge in [-0.25, -0.2) is 0 Å². The second kappa shape index (κ2) is 6.80. The minimum Gasteiger partial charge on any atom is -0.314 e. The molecule has 1 aromatic rings. The monoisotopic (exact) mass is 237 g/mol. The van der Waals surface area contributed by atoms with E-state index >= 15 is 0 Å². The summed E-state index contributed by atoms with van der Waals surface area (Å²) in [5.74, 6) is 0.654. The normalized spacial score (nSPS) is 14.9. The largest absolute Gasteiger partial charge is 0.314 e. The van der Waals surface area contributed by atoms with E-state index in [4.69, 9.17) is 0 Å². The standard InChI is InChI=1S/C14H27N3/c1-6-14(15-7-2)11(4)9-13-10-12(5)16-17(13)8-3/h10-11,14-15H,6-9H2,1-5H3. The van der Waals surface area contributed by atoms with Crippen LogP contribution < -0.4 is 5.32 Å². The highest BCUT2D eigenvalue weighted by atomic mass is 15.3. The third kappa shape index (κ3) is 3.84. The summed E-state index contributed by atoms with van der Waals surface area (Å²) in [5, 5.41) is 8.08. The van der Waals surface area contributed by atoms with Crippen LogP contribution in [0.15, 0.2) is 6.07 Å². The number of hydrogen-bond acceptors (Lipinski definition) is 2. The van der Waals surface area contributed by atoms with Gasteiger partial charge in [-0.1, -0.05) is 20.8 Å². The number of hydrogen-bond donors (Lipinski definition) is 1. The smallest absolute Gasteiger partial charge is 0.0596 e. The molecule has 0 aliphatic rings. The quantitative estimate of drug-likeness (QED) is 0.790. The van der Waals surface area contributed by atoms with Gasteiger partial charge in [-0.3, -0.25) is 4.68 Å². The van der Waals surface area contributed by atoms with E-state index in [1.54, 1.807) is 0 Å². The minimum absolute atomic E-state index is 0.612. The maximum Gasteiger partial charge on any atom is 0.0596 e. The zero-order chi connectivity index (χ0) is 12.8. The van der Waals surface area contributed by atoms with E-state index in [9.17, 15) is 0 Å². The Morgan fingerprint density at radius 3 is 2.59 bits per heavy atom. The van der Waals surface area contributed by atoms with E-state index in [0.717, 1.165) is 25.2 Å². The Morgan fingerprint density at radius 1 is 1.35 bits per heavy atom. The van der Waals surface area contributed by atoms with Crippen LogP contribution in [0, 0.1) is 12.8 Å². The summed E-state index contributed by atoms with van der Waals surface area (Å²) in [7, 11) is 0. The topological polar surface area (TPSA) is 29.9 Å². The molecular formula is C14H27N3. The lowest BCUT2D eigenvalue weighted by Gasteiger charge is -2.23. The molecule has 17 heavy (non-hydrogen) atoms. The van der Waals surface area contributed by atoms with Crippen LogP contribution in [0.5, 0.6) is 0 Å². The molecule has 0 radical (unpaired) electrons. The van der Waals surface area contributed by atoms with Crippen LogP contribution in [-0.4, -0.2) is 22.4 Å². The molecule has 0 fully saturated rings. The summed E-state index contributed by atoms with van der Waals surface area (Å²) in [5.41, 5.74) is 2.50. The fourth-order valence-corrected chi connectivity index (χ4v) is 2.52. The van der Waals surface area contributed by atoms with Gasteiger partial charge in [-0.05, 0) is 45.2 Å². The Bertz CT molecular complexity index is 330. The first kappa shape index (κ1) is 14.2. The Labute approximate surface area is 106 Å². The van der Waals surface area contributed by atoms with Crippen molar-refractivity contribution in [2.45, 2.75) is 60.0 Å². The molecule has 0 aromatic carbocycles. The lowest BCUT2D eigenvalue weighted by Crippen LogP contribution is -2.35. The van der Waals surface area contributed by atoms with Gasteiger partial charge in [0.05, 0.1) is 5.69 Å². The predicted octanol–water partition coefficient (Wildman–Crippen LogP) is 2.78. The average Bonchev–Trinajstić information content (AvgIpc) is 2.66. The molecule has 0 amide bonds. The van der Waals surface area contributed by atoms with Crippen molar-refractivity contribution in [1.82, 2.24) is 15.1 Å². The van der Waals surface area contributed by atoms with Crippen molar-refractivity contribution < 1.29 is 0 Å². The highest BCUT2D eigenvalue weighted by Gasteiger charge is 2.16. The Morgan fingerprint density at radius 2 is 2.06 bits per heavy atom. The molecule has 1 N–H and O–H groups in total. The fraction of sp³-hybridized carbons (Fsp3) is 0.786. The molecule has 1 aromatic heterocycles. The number of aromatic nitrogens is 2. The molecular weight excluding hydrogens is 210 g/mol. The first-order valence-electron chi connectivity index (χ1n) is 6.89. The zero-order valence-electron chi connectivity index (χ0n) is 12.0. The molecule has 0 saturated carbocycles. The van der Waals surface area contributed by atoms with Crippen molar-refractivity contribution in [2.75, 3.05) is 6.54 Å². The summed E-state index contributed by atoms with van der Waals surface area (Å²) in [4.78, 5) is 0. The second-order valence-corrected chi connectivity index (χ2v) is 4.85. The van der Waals surface area contributed by atoms with Crippen LogP contribution in [0.4, 0.5) is 0 Å². The molecule has 98 valence electrons. The molecule has 0 aliphatic heterocycles. The maximum absolute atomic E-state index is 4.51. The van der Waals surface area contributed by atoms with E-state index in [-0.39, 0.29) is 0 Å². The molecule has 0 saturated heterocycles. The molecule has 0 aliphatic carbocycles. The third-order valence-electron chi connectivity index (χ3n) is 3.41. The lowest BCUT2D eigenvalue weighted by molar-refractivity contribution is 0.363. The van der Waals surface area contributed by atoms with E-state index in [1.165, 1.54) is 12.1 Å². The SMILES string of the molecule is CCNC(CC)C(C)Cc1cc(C)nn1CC. The summed E-state index contributed by atoms with van der Waals surface area (Å²) in [6.45, 7) is 13.0. The van der Waals surface area contributed by atoms with Crippen LogP contribution >= 0.6 is 0 Å². The van der Waals surface area contributed by atoms with Crippen LogP contribution in [0.25, 0.3) is 0 Å². The summed E-state index contributed by atoms with van der Waals surface area (Å²) in [6.07, 6.45) is 2.30. The van der Waals surface area contributed by atoms with Gasteiger partial charge in [0.15, 0.2) is 0 Å². The van der Waals surface area contributed by atoms with Crippen molar-refractivity contribution in [3.05, 3.63) is 17.5 Å². The first-order valence-corrected chi connectivity index (χ1v) is 6.89. The molecule has 0 spiro atoms. The van der Waals surface area contributed by atoms with Crippen molar-refractivity contribution >= 4 is 0 Å². The number of rotatable bonds is 7. The fourth-order valence-electron chi connectivity index (χ4n) is 2.52. The van der Waals surface area contributed by atoms with Gasteiger partial charge in [0.1, 0.15) is 0 Å². The van der Waals surface area contributed by atoms with Crippen molar-refractivity contribution in [3.63, 3.8) is 0 Å². The van der Waals surface area contributed by atoms with Crippen molar-refractivity contribution in [3.8, 4) is 0 Å². The van der Waals surface area contributed by atoms with Gasteiger partial charge in [-0.2, -0.15) is 5.10 Å². The predicted molar refractivity (Wildman–Crippen MR) is 73.3 cm³/mol. The summed E-state index contributed by atoms with van der Waals surface area (Å²) < 4.78 is 2.13. The maximum atomic E-state index is 4.51. The lowest BCUT2D eigenvalue weighted by atomic mass is 9.94. The van der Waals surface area contributed by atoms with Crippen LogP contribution in [0.3, 0.4) is 0 Å². The van der Waals surface area contributed by atoms with Crippen molar-refractivity contribution in [1.29, 1.82) is 0 Å². The minimum atomic E-state index is 0.612. The highest BCUT2D eigenvalue weighted by molar-refractivity contribution is 5.10. The number of nitrogens with one attached hydrogen (secondary N) is 1. The molecule has 2 atom stereocenters. The van der Waals surface area contributed by atoms with Crippen LogP contribution in [0.2, 0.25) is 0 Å². The van der Waals surface area contributed by atoms with Gasteiger partial charge >= 0.3 is 0 Å². The van der Waals surface area contributed by atoms with E-state index in [1.807, 2.05) is 0 Å². The highest BCUT2D eigenvalue weighted by Crippen LogP contribution is 2.15. The zero-order valence-corrected chi connectivity index (χ0v) is 12.0. The van der Waals surface area contributed by atoms with Gasteiger partial charge in [-0.15, -0.1) is 0 Å². The van der Waals surface area contributed by atoms with E-state index < -0.39 is 0 Å². The summed E-state index contributed by atoms with van der Waals surface area (Å²) in [6, 6.07) is 2.83. The van der Waals surface area contributed by atoms with E-state index in [0.29, 0.717) is 12.0 Å². The summed E-state index contributed by atoms with van der Waals surface area (Å²) >= 11 is 0. The first-order chi connectivity index (χ1) is 8.12. The Kier molecular flexibility index (Phi) is 5.69. The third-order valence-corrected chi connectivity index (χ3v) is 3.41. The van der Waals surface area contributed by atoms with Crippen LogP contribution in [-0.2, 0) is 13.0 Å². The van der Waals surface area contributed by atoms with Gasteiger partial charge < -0.3 is 5.32 Å². The molecule has 0 bridgehead atoms. The average molecular weight is 237 g/mol.